The van der Waals surface area contributed by atoms with E-state index in [9.17, 15) is 18.8 Å². The molecule has 1 spiro atoms. The molecule has 4 rings (SSSR count). The second-order valence-corrected chi connectivity index (χ2v) is 7.97. The van der Waals surface area contributed by atoms with Crippen molar-refractivity contribution < 1.29 is 18.8 Å². The van der Waals surface area contributed by atoms with Crippen molar-refractivity contribution in [3.8, 4) is 0 Å². The largest absolute Gasteiger partial charge is 0.354 e. The summed E-state index contributed by atoms with van der Waals surface area (Å²) in [5.74, 6) is -0.706. The minimum absolute atomic E-state index is 0.0496. The number of nitrogens with one attached hydrogen (secondary N) is 3. The molecule has 8 heteroatoms. The summed E-state index contributed by atoms with van der Waals surface area (Å²) in [6, 6.07) is 5.67. The molecule has 2 heterocycles. The highest BCUT2D eigenvalue weighted by molar-refractivity contribution is 6.07. The van der Waals surface area contributed by atoms with Crippen molar-refractivity contribution >= 4 is 17.8 Å². The van der Waals surface area contributed by atoms with Crippen molar-refractivity contribution in [3.63, 3.8) is 0 Å². The van der Waals surface area contributed by atoms with Crippen LogP contribution in [0.3, 0.4) is 0 Å². The number of halogens is 1. The van der Waals surface area contributed by atoms with Gasteiger partial charge in [-0.15, -0.1) is 0 Å². The first-order valence-corrected chi connectivity index (χ1v) is 9.88. The van der Waals surface area contributed by atoms with Crippen molar-refractivity contribution in [3.05, 3.63) is 35.6 Å². The zero-order valence-electron chi connectivity index (χ0n) is 15.7. The van der Waals surface area contributed by atoms with E-state index in [1.165, 1.54) is 12.1 Å². The number of amides is 4. The lowest BCUT2D eigenvalue weighted by Crippen LogP contribution is -2.54. The summed E-state index contributed by atoms with van der Waals surface area (Å²) in [6.45, 7) is 1.79. The molecule has 1 aliphatic carbocycles. The zero-order chi connectivity index (χ0) is 19.7. The van der Waals surface area contributed by atoms with Gasteiger partial charge in [0.25, 0.3) is 5.91 Å². The fourth-order valence-electron chi connectivity index (χ4n) is 4.80. The molecule has 0 bridgehead atoms. The van der Waals surface area contributed by atoms with E-state index in [2.05, 4.69) is 20.9 Å². The standard InChI is InChI=1S/C20H25FN4O3/c21-15-7-5-13(6-8-15)12-25-10-2-4-16(25)17(26)22-11-14-3-1-9-20(14)18(27)23-19(28)24-20/h5-8,14,16H,1-4,9-12H2,(H,22,26)(H2,23,24,27,28)/t14-,16+,20+/m0/s1. The highest BCUT2D eigenvalue weighted by Crippen LogP contribution is 2.37. The minimum atomic E-state index is -0.881. The maximum atomic E-state index is 13.1. The second-order valence-electron chi connectivity index (χ2n) is 7.97. The molecule has 0 aromatic heterocycles. The molecule has 2 saturated heterocycles. The van der Waals surface area contributed by atoms with E-state index in [4.69, 9.17) is 0 Å². The Kier molecular flexibility index (Phi) is 5.05. The van der Waals surface area contributed by atoms with Crippen molar-refractivity contribution in [2.75, 3.05) is 13.1 Å². The van der Waals surface area contributed by atoms with Crippen LogP contribution >= 0.6 is 0 Å². The van der Waals surface area contributed by atoms with E-state index in [-0.39, 0.29) is 29.6 Å². The van der Waals surface area contributed by atoms with E-state index in [1.807, 2.05) is 0 Å². The summed E-state index contributed by atoms with van der Waals surface area (Å²) in [5.41, 5.74) is 0.0922. The Balaban J connectivity index is 1.36. The van der Waals surface area contributed by atoms with Gasteiger partial charge in [0.15, 0.2) is 0 Å². The van der Waals surface area contributed by atoms with Gasteiger partial charge in [0.05, 0.1) is 6.04 Å². The summed E-state index contributed by atoms with van der Waals surface area (Å²) in [5, 5.41) is 8.11. The molecule has 1 aromatic carbocycles. The van der Waals surface area contributed by atoms with Gasteiger partial charge in [0, 0.05) is 19.0 Å². The van der Waals surface area contributed by atoms with Crippen LogP contribution in [0, 0.1) is 11.7 Å². The Morgan fingerprint density at radius 1 is 1.21 bits per heavy atom. The van der Waals surface area contributed by atoms with Crippen LogP contribution in [0.15, 0.2) is 24.3 Å². The Bertz CT molecular complexity index is 784. The number of hydrogen-bond acceptors (Lipinski definition) is 4. The summed E-state index contributed by atoms with van der Waals surface area (Å²) in [4.78, 5) is 38.8. The van der Waals surface area contributed by atoms with Crippen LogP contribution in [-0.2, 0) is 16.1 Å². The predicted octanol–water partition coefficient (Wildman–Crippen LogP) is 1.28. The molecule has 3 N–H and O–H groups in total. The first-order valence-electron chi connectivity index (χ1n) is 9.88. The number of imide groups is 1. The third kappa shape index (κ3) is 3.48. The third-order valence-electron chi connectivity index (χ3n) is 6.28. The fourth-order valence-corrected chi connectivity index (χ4v) is 4.80. The number of hydrogen-bond donors (Lipinski definition) is 3. The molecule has 3 aliphatic rings. The van der Waals surface area contributed by atoms with Crippen LogP contribution in [0.25, 0.3) is 0 Å². The quantitative estimate of drug-likeness (QED) is 0.663. The van der Waals surface area contributed by atoms with E-state index < -0.39 is 11.6 Å². The number of carbonyl (C=O) groups is 3. The van der Waals surface area contributed by atoms with Gasteiger partial charge in [-0.1, -0.05) is 18.6 Å². The number of likely N-dealkylation sites (tertiary alicyclic amines) is 1. The molecule has 150 valence electrons. The first-order chi connectivity index (χ1) is 13.5. The van der Waals surface area contributed by atoms with Crippen LogP contribution < -0.4 is 16.0 Å². The SMILES string of the molecule is O=C1NC(=O)[C@]2(CCC[C@H]2CNC(=O)[C@H]2CCCN2Cc2ccc(F)cc2)N1. The molecule has 2 aliphatic heterocycles. The molecule has 28 heavy (non-hydrogen) atoms. The molecule has 7 nitrogen and oxygen atoms in total. The maximum absolute atomic E-state index is 13.1. The molecule has 4 amide bonds. The molecular formula is C20H25FN4O3. The van der Waals surface area contributed by atoms with Crippen molar-refractivity contribution in [2.45, 2.75) is 50.2 Å². The molecule has 1 saturated carbocycles. The second kappa shape index (κ2) is 7.50. The van der Waals surface area contributed by atoms with E-state index in [1.54, 1.807) is 12.1 Å². The summed E-state index contributed by atoms with van der Waals surface area (Å²) < 4.78 is 13.1. The van der Waals surface area contributed by atoms with Gasteiger partial charge in [-0.2, -0.15) is 0 Å². The highest BCUT2D eigenvalue weighted by Gasteiger charge is 2.54. The number of benzene rings is 1. The lowest BCUT2D eigenvalue weighted by Gasteiger charge is -2.29. The molecule has 3 fully saturated rings. The Morgan fingerprint density at radius 2 is 2.00 bits per heavy atom. The average molecular weight is 388 g/mol. The van der Waals surface area contributed by atoms with Gasteiger partial charge in [0.1, 0.15) is 11.4 Å². The zero-order valence-corrected chi connectivity index (χ0v) is 15.7. The normalized spacial score (nSPS) is 29.9. The first kappa shape index (κ1) is 18.9. The van der Waals surface area contributed by atoms with Gasteiger partial charge in [-0.25, -0.2) is 9.18 Å². The molecule has 0 unspecified atom stereocenters. The van der Waals surface area contributed by atoms with E-state index in [0.29, 0.717) is 19.5 Å². The molecule has 0 radical (unpaired) electrons. The topological polar surface area (TPSA) is 90.5 Å². The lowest BCUT2D eigenvalue weighted by atomic mass is 9.87. The Labute approximate surface area is 163 Å². The van der Waals surface area contributed by atoms with Gasteiger partial charge in [0.2, 0.25) is 5.91 Å². The van der Waals surface area contributed by atoms with Gasteiger partial charge in [-0.3, -0.25) is 19.8 Å². The van der Waals surface area contributed by atoms with Crippen LogP contribution in [0.1, 0.15) is 37.7 Å². The summed E-state index contributed by atoms with van der Waals surface area (Å²) in [7, 11) is 0. The number of urea groups is 1. The third-order valence-corrected chi connectivity index (χ3v) is 6.28. The van der Waals surface area contributed by atoms with E-state index >= 15 is 0 Å². The van der Waals surface area contributed by atoms with Crippen molar-refractivity contribution in [1.29, 1.82) is 0 Å². The number of rotatable bonds is 5. The highest BCUT2D eigenvalue weighted by atomic mass is 19.1. The smallest absolute Gasteiger partial charge is 0.322 e. The monoisotopic (exact) mass is 388 g/mol. The Hall–Kier alpha value is -2.48. The summed E-state index contributed by atoms with van der Waals surface area (Å²) >= 11 is 0. The summed E-state index contributed by atoms with van der Waals surface area (Å²) in [6.07, 6.45) is 3.95. The molecular weight excluding hydrogens is 363 g/mol. The Morgan fingerprint density at radius 3 is 2.71 bits per heavy atom. The molecule has 1 aromatic rings. The minimum Gasteiger partial charge on any atom is -0.354 e. The van der Waals surface area contributed by atoms with Crippen LogP contribution in [0.4, 0.5) is 9.18 Å². The van der Waals surface area contributed by atoms with Crippen LogP contribution in [-0.4, -0.2) is 47.4 Å². The maximum Gasteiger partial charge on any atom is 0.322 e. The van der Waals surface area contributed by atoms with Gasteiger partial charge in [-0.05, 0) is 49.9 Å². The van der Waals surface area contributed by atoms with Crippen LogP contribution in [0.2, 0.25) is 0 Å². The predicted molar refractivity (Wildman–Crippen MR) is 99.6 cm³/mol. The van der Waals surface area contributed by atoms with Gasteiger partial charge < -0.3 is 10.6 Å². The van der Waals surface area contributed by atoms with E-state index in [0.717, 1.165) is 37.8 Å². The number of carbonyl (C=O) groups excluding carboxylic acids is 3. The number of nitrogens with zero attached hydrogens (tertiary/aromatic N) is 1. The van der Waals surface area contributed by atoms with Gasteiger partial charge >= 0.3 is 6.03 Å². The average Bonchev–Trinajstić information content (AvgIpc) is 3.35. The lowest BCUT2D eigenvalue weighted by molar-refractivity contribution is -0.128. The van der Waals surface area contributed by atoms with Crippen molar-refractivity contribution in [1.82, 2.24) is 20.9 Å². The van der Waals surface area contributed by atoms with Crippen molar-refractivity contribution in [2.24, 2.45) is 5.92 Å². The van der Waals surface area contributed by atoms with Crippen LogP contribution in [0.5, 0.6) is 0 Å². The fraction of sp³-hybridized carbons (Fsp3) is 0.550. The molecule has 3 atom stereocenters.